The molecule has 0 bridgehead atoms. The van der Waals surface area contributed by atoms with Crippen LogP contribution in [0.15, 0.2) is 150 Å². The van der Waals surface area contributed by atoms with E-state index in [-0.39, 0.29) is 13.0 Å². The minimum Gasteiger partial charge on any atom is -0.487 e. The third-order valence-corrected chi connectivity index (χ3v) is 8.88. The molecule has 1 fully saturated rings. The van der Waals surface area contributed by atoms with Crippen LogP contribution in [0, 0.1) is 6.92 Å². The van der Waals surface area contributed by atoms with Gasteiger partial charge in [-0.25, -0.2) is 9.78 Å². The molecule has 1 unspecified atom stereocenters. The third-order valence-electron chi connectivity index (χ3n) is 8.88. The minimum atomic E-state index is -0.973. The second kappa shape index (κ2) is 14.6. The Bertz CT molecular complexity index is 2080. The summed E-state index contributed by atoms with van der Waals surface area (Å²) in [6.45, 7) is 3.99. The van der Waals surface area contributed by atoms with Gasteiger partial charge in [-0.15, -0.1) is 0 Å². The van der Waals surface area contributed by atoms with Crippen molar-refractivity contribution in [1.29, 1.82) is 0 Å². The molecule has 1 N–H and O–H groups in total. The number of aryl methyl sites for hydroxylation is 1. The van der Waals surface area contributed by atoms with E-state index in [1.165, 1.54) is 0 Å². The van der Waals surface area contributed by atoms with Gasteiger partial charge in [0.1, 0.15) is 29.6 Å². The Morgan fingerprint density at radius 1 is 0.804 bits per heavy atom. The normalized spacial score (nSPS) is 14.5. The summed E-state index contributed by atoms with van der Waals surface area (Å²) in [6, 6.07) is 46.1. The van der Waals surface area contributed by atoms with Gasteiger partial charge in [0.25, 0.3) is 5.91 Å². The predicted molar refractivity (Wildman–Crippen MR) is 194 cm³/mol. The van der Waals surface area contributed by atoms with E-state index in [9.17, 15) is 9.59 Å². The van der Waals surface area contributed by atoms with Crippen LogP contribution >= 0.6 is 0 Å². The number of carbonyl (C=O) groups is 2. The largest absolute Gasteiger partial charge is 0.487 e. The van der Waals surface area contributed by atoms with Crippen LogP contribution in [0.3, 0.4) is 0 Å². The summed E-state index contributed by atoms with van der Waals surface area (Å²) in [5.74, 6) is 1.89. The lowest BCUT2D eigenvalue weighted by Gasteiger charge is -2.36. The highest BCUT2D eigenvalue weighted by Crippen LogP contribution is 2.44. The number of nitrogens with zero attached hydrogens (tertiary/aromatic N) is 1. The lowest BCUT2D eigenvalue weighted by Crippen LogP contribution is -2.36. The zero-order chi connectivity index (χ0) is 35.2. The molecule has 0 spiro atoms. The van der Waals surface area contributed by atoms with Crippen molar-refractivity contribution >= 4 is 17.6 Å². The highest BCUT2D eigenvalue weighted by molar-refractivity contribution is 6.00. The fourth-order valence-corrected chi connectivity index (χ4v) is 6.20. The van der Waals surface area contributed by atoms with Crippen molar-refractivity contribution in [3.8, 4) is 23.0 Å². The smallest absolute Gasteiger partial charge is 0.414 e. The number of nitrogens with one attached hydrogen (secondary N) is 1. The molecular weight excluding hydrogens is 640 g/mol. The van der Waals surface area contributed by atoms with Crippen LogP contribution in [0.2, 0.25) is 0 Å². The average molecular weight is 677 g/mol. The lowest BCUT2D eigenvalue weighted by molar-refractivity contribution is -0.123. The van der Waals surface area contributed by atoms with Crippen molar-refractivity contribution in [3.63, 3.8) is 0 Å². The molecule has 1 aliphatic heterocycles. The highest BCUT2D eigenvalue weighted by Gasteiger charge is 2.40. The van der Waals surface area contributed by atoms with Gasteiger partial charge < -0.3 is 18.6 Å². The molecule has 0 saturated carbocycles. The number of hydrogen-bond acceptors (Lipinski definition) is 7. The van der Waals surface area contributed by atoms with Gasteiger partial charge in [-0.1, -0.05) is 121 Å². The molecule has 6 aromatic rings. The van der Waals surface area contributed by atoms with Crippen LogP contribution in [0.1, 0.15) is 47.1 Å². The SMILES string of the molecule is C/C(=C\CC1OC(=O)NC1=O)c1cccc(OCc2nc(-c3ccccc3OC(c3ccccc3)(c3ccccc3)c3ccccc3)oc2C)c1. The number of aromatic nitrogens is 1. The number of carbonyl (C=O) groups excluding carboxylic acids is 2. The Balaban J connectivity index is 1.16. The average Bonchev–Trinajstić information content (AvgIpc) is 3.72. The molecule has 0 radical (unpaired) electrons. The summed E-state index contributed by atoms with van der Waals surface area (Å²) in [5, 5.41) is 2.15. The summed E-state index contributed by atoms with van der Waals surface area (Å²) >= 11 is 0. The number of oxazole rings is 1. The van der Waals surface area contributed by atoms with Gasteiger partial charge in [-0.2, -0.15) is 0 Å². The summed E-state index contributed by atoms with van der Waals surface area (Å²) in [6.07, 6.45) is 0.619. The van der Waals surface area contributed by atoms with Crippen molar-refractivity contribution in [2.45, 2.75) is 38.6 Å². The first-order valence-corrected chi connectivity index (χ1v) is 16.7. The first-order chi connectivity index (χ1) is 24.9. The van der Waals surface area contributed by atoms with E-state index in [1.807, 2.05) is 123 Å². The molecule has 7 rings (SSSR count). The molecule has 2 amide bonds. The van der Waals surface area contributed by atoms with E-state index in [4.69, 9.17) is 23.6 Å². The molecule has 8 nitrogen and oxygen atoms in total. The molecule has 0 aliphatic carbocycles. The Morgan fingerprint density at radius 3 is 2.02 bits per heavy atom. The summed E-state index contributed by atoms with van der Waals surface area (Å²) < 4.78 is 24.7. The first-order valence-electron chi connectivity index (χ1n) is 16.7. The van der Waals surface area contributed by atoms with Crippen LogP contribution in [-0.2, 0) is 21.7 Å². The molecule has 2 heterocycles. The van der Waals surface area contributed by atoms with Crippen LogP contribution < -0.4 is 14.8 Å². The van der Waals surface area contributed by atoms with Crippen LogP contribution in [0.25, 0.3) is 17.0 Å². The third kappa shape index (κ3) is 7.03. The summed E-state index contributed by atoms with van der Waals surface area (Å²) in [7, 11) is 0. The molecule has 1 aromatic heterocycles. The second-order valence-electron chi connectivity index (χ2n) is 12.2. The number of amides is 2. The predicted octanol–water partition coefficient (Wildman–Crippen LogP) is 9.03. The Labute approximate surface area is 296 Å². The maximum Gasteiger partial charge on any atom is 0.414 e. The quantitative estimate of drug-likeness (QED) is 0.129. The minimum absolute atomic E-state index is 0.185. The van der Waals surface area contributed by atoms with Crippen molar-refractivity contribution in [2.24, 2.45) is 0 Å². The van der Waals surface area contributed by atoms with Crippen LogP contribution in [0.4, 0.5) is 4.79 Å². The number of cyclic esters (lactones) is 1. The van der Waals surface area contributed by atoms with Gasteiger partial charge in [0.05, 0.1) is 5.56 Å². The van der Waals surface area contributed by atoms with Crippen molar-refractivity contribution < 1.29 is 28.2 Å². The monoisotopic (exact) mass is 676 g/mol. The zero-order valence-corrected chi connectivity index (χ0v) is 28.2. The lowest BCUT2D eigenvalue weighted by atomic mass is 9.80. The fourth-order valence-electron chi connectivity index (χ4n) is 6.20. The first kappa shape index (κ1) is 33.1. The second-order valence-corrected chi connectivity index (χ2v) is 12.2. The van der Waals surface area contributed by atoms with E-state index in [0.717, 1.165) is 27.8 Å². The molecule has 1 saturated heterocycles. The van der Waals surface area contributed by atoms with Crippen LogP contribution in [-0.4, -0.2) is 23.1 Å². The Kier molecular flexibility index (Phi) is 9.48. The summed E-state index contributed by atoms with van der Waals surface area (Å²) in [5.41, 5.74) is 5.18. The molecular formula is C43H36N2O6. The zero-order valence-electron chi connectivity index (χ0n) is 28.2. The number of ether oxygens (including phenoxy) is 3. The van der Waals surface area contributed by atoms with Crippen LogP contribution in [0.5, 0.6) is 11.5 Å². The van der Waals surface area contributed by atoms with E-state index >= 15 is 0 Å². The number of hydrogen-bond donors (Lipinski definition) is 1. The van der Waals surface area contributed by atoms with Crippen molar-refractivity contribution in [3.05, 3.63) is 179 Å². The number of imide groups is 1. The van der Waals surface area contributed by atoms with E-state index in [2.05, 4.69) is 41.7 Å². The maximum absolute atomic E-state index is 11.9. The Morgan fingerprint density at radius 2 is 1.41 bits per heavy atom. The number of para-hydroxylation sites is 1. The number of benzene rings is 5. The van der Waals surface area contributed by atoms with Crippen molar-refractivity contribution in [2.75, 3.05) is 0 Å². The van der Waals surface area contributed by atoms with E-state index in [0.29, 0.717) is 34.4 Å². The highest BCUT2D eigenvalue weighted by atomic mass is 16.6. The molecule has 1 atom stereocenters. The van der Waals surface area contributed by atoms with E-state index < -0.39 is 23.7 Å². The van der Waals surface area contributed by atoms with Crippen molar-refractivity contribution in [1.82, 2.24) is 10.3 Å². The number of alkyl carbamates (subject to hydrolysis) is 1. The topological polar surface area (TPSA) is 99.9 Å². The van der Waals surface area contributed by atoms with Gasteiger partial charge in [-0.3, -0.25) is 10.1 Å². The van der Waals surface area contributed by atoms with Gasteiger partial charge in [0.15, 0.2) is 11.7 Å². The van der Waals surface area contributed by atoms with Gasteiger partial charge in [0, 0.05) is 23.1 Å². The van der Waals surface area contributed by atoms with E-state index in [1.54, 1.807) is 0 Å². The molecule has 51 heavy (non-hydrogen) atoms. The Hall–Kier alpha value is -6.41. The number of rotatable bonds is 12. The van der Waals surface area contributed by atoms with Gasteiger partial charge >= 0.3 is 6.09 Å². The van der Waals surface area contributed by atoms with Gasteiger partial charge in [0.2, 0.25) is 5.89 Å². The molecule has 8 heteroatoms. The van der Waals surface area contributed by atoms with Gasteiger partial charge in [-0.05, 0) is 49.2 Å². The maximum atomic E-state index is 11.9. The standard InChI is InChI=1S/C43H36N2O6/c1-29(25-26-39-40(46)45-42(47)50-39)31-15-14-22-35(27-31)48-28-37-30(2)49-41(44-37)36-23-12-13-24-38(36)51-43(32-16-6-3-7-17-32,33-18-8-4-9-19-33)34-20-10-5-11-21-34/h3-25,27,39H,26,28H2,1-2H3,(H,45,46,47)/b29-25+. The summed E-state index contributed by atoms with van der Waals surface area (Å²) in [4.78, 5) is 28.1. The number of allylic oxidation sites excluding steroid dienone is 1. The molecule has 1 aliphatic rings. The molecule has 5 aromatic carbocycles. The molecule has 254 valence electrons. The fraction of sp³-hybridized carbons (Fsp3) is 0.140.